The summed E-state index contributed by atoms with van der Waals surface area (Å²) in [5, 5.41) is 0. The molecule has 0 spiro atoms. The quantitative estimate of drug-likeness (QED) is 0.315. The fourth-order valence-corrected chi connectivity index (χ4v) is 3.62. The molecule has 130 valence electrons. The molecule has 6 nitrogen and oxygen atoms in total. The summed E-state index contributed by atoms with van der Waals surface area (Å²) in [6.07, 6.45) is 6.84. The van der Waals surface area contributed by atoms with E-state index in [1.54, 1.807) is 0 Å². The Morgan fingerprint density at radius 3 is 2.45 bits per heavy atom. The molecule has 0 radical (unpaired) electrons. The van der Waals surface area contributed by atoms with Gasteiger partial charge >= 0.3 is 7.60 Å². The topological polar surface area (TPSA) is 93.1 Å². The molecular formula is C14H28O6P2. The van der Waals surface area contributed by atoms with Crippen LogP contribution >= 0.6 is 15.6 Å². The van der Waals surface area contributed by atoms with Gasteiger partial charge in [-0.1, -0.05) is 23.3 Å². The summed E-state index contributed by atoms with van der Waals surface area (Å²) in [6.45, 7) is 7.40. The van der Waals surface area contributed by atoms with Crippen molar-refractivity contribution in [2.75, 3.05) is 25.7 Å². The molecule has 0 aromatic carbocycles. The highest BCUT2D eigenvalue weighted by Gasteiger charge is 2.17. The maximum Gasteiger partial charge on any atom is 0.334 e. The summed E-state index contributed by atoms with van der Waals surface area (Å²) in [5.41, 5.74) is 2.60. The fraction of sp³-hybridized carbons (Fsp3) is 0.714. The first-order valence-electron chi connectivity index (χ1n) is 7.27. The van der Waals surface area contributed by atoms with Crippen LogP contribution in [0.5, 0.6) is 0 Å². The molecule has 0 aliphatic rings. The van der Waals surface area contributed by atoms with Gasteiger partial charge in [0.1, 0.15) is 5.90 Å². The summed E-state index contributed by atoms with van der Waals surface area (Å²) < 4.78 is 32.1. The van der Waals surface area contributed by atoms with E-state index in [1.165, 1.54) is 11.1 Å². The van der Waals surface area contributed by atoms with Crippen molar-refractivity contribution in [3.8, 4) is 0 Å². The van der Waals surface area contributed by atoms with Crippen molar-refractivity contribution < 1.29 is 28.2 Å². The van der Waals surface area contributed by atoms with Crippen LogP contribution in [0, 0.1) is 0 Å². The van der Waals surface area contributed by atoms with Crippen LogP contribution in [0.25, 0.3) is 0 Å². The van der Waals surface area contributed by atoms with Crippen molar-refractivity contribution in [2.24, 2.45) is 0 Å². The second-order valence-electron chi connectivity index (χ2n) is 5.34. The lowest BCUT2D eigenvalue weighted by atomic mass is 10.1. The Labute approximate surface area is 133 Å². The maximum atomic E-state index is 11.2. The van der Waals surface area contributed by atoms with E-state index in [1.807, 2.05) is 6.08 Å². The van der Waals surface area contributed by atoms with Gasteiger partial charge in [0.05, 0.1) is 13.2 Å². The van der Waals surface area contributed by atoms with E-state index in [2.05, 4.69) is 26.8 Å². The predicted octanol–water partition coefficient (Wildman–Crippen LogP) is 3.71. The number of hydrogen-bond donors (Lipinski definition) is 2. The lowest BCUT2D eigenvalue weighted by molar-refractivity contribution is 0.144. The van der Waals surface area contributed by atoms with E-state index in [-0.39, 0.29) is 6.61 Å². The average Bonchev–Trinajstić information content (AvgIpc) is 2.35. The van der Waals surface area contributed by atoms with E-state index in [0.29, 0.717) is 19.6 Å². The third kappa shape index (κ3) is 16.2. The summed E-state index contributed by atoms with van der Waals surface area (Å²) in [4.78, 5) is 17.3. The number of rotatable bonds is 12. The second kappa shape index (κ2) is 12.2. The van der Waals surface area contributed by atoms with E-state index in [0.717, 1.165) is 12.8 Å². The van der Waals surface area contributed by atoms with Gasteiger partial charge in [-0.3, -0.25) is 9.13 Å². The first-order valence-corrected chi connectivity index (χ1v) is 10.6. The minimum Gasteiger partial charge on any atom is -0.377 e. The Bertz CT molecular complexity index is 435. The second-order valence-corrected chi connectivity index (χ2v) is 8.97. The highest BCUT2D eigenvalue weighted by atomic mass is 31.2. The van der Waals surface area contributed by atoms with Crippen molar-refractivity contribution in [1.29, 1.82) is 0 Å². The Morgan fingerprint density at radius 1 is 1.18 bits per heavy atom. The van der Waals surface area contributed by atoms with Gasteiger partial charge in [-0.05, 0) is 40.0 Å². The number of allylic oxidation sites excluding steroid dienone is 3. The average molecular weight is 354 g/mol. The van der Waals surface area contributed by atoms with Crippen LogP contribution in [0.15, 0.2) is 23.3 Å². The molecule has 0 amide bonds. The molecule has 0 aromatic heterocycles. The largest absolute Gasteiger partial charge is 0.377 e. The lowest BCUT2D eigenvalue weighted by Gasteiger charge is -2.06. The first kappa shape index (κ1) is 21.8. The number of hydrogen-bond acceptors (Lipinski definition) is 4. The van der Waals surface area contributed by atoms with Gasteiger partial charge < -0.3 is 19.0 Å². The van der Waals surface area contributed by atoms with Gasteiger partial charge in [0.15, 0.2) is 0 Å². The third-order valence-electron chi connectivity index (χ3n) is 2.67. The van der Waals surface area contributed by atoms with Crippen LogP contribution < -0.4 is 0 Å². The van der Waals surface area contributed by atoms with E-state index < -0.39 is 21.5 Å². The molecule has 0 aliphatic heterocycles. The summed E-state index contributed by atoms with van der Waals surface area (Å²) in [5.74, 6) is -0.688. The first-order chi connectivity index (χ1) is 10.2. The molecule has 2 N–H and O–H groups in total. The van der Waals surface area contributed by atoms with Gasteiger partial charge in [0.2, 0.25) is 8.03 Å². The molecule has 22 heavy (non-hydrogen) atoms. The van der Waals surface area contributed by atoms with Crippen molar-refractivity contribution in [1.82, 2.24) is 0 Å². The zero-order chi connectivity index (χ0) is 17.0. The molecule has 0 fully saturated rings. The van der Waals surface area contributed by atoms with Gasteiger partial charge in [0, 0.05) is 6.61 Å². The molecule has 1 unspecified atom stereocenters. The molecule has 0 aliphatic carbocycles. The van der Waals surface area contributed by atoms with Crippen LogP contribution in [0.1, 0.15) is 40.0 Å². The lowest BCUT2D eigenvalue weighted by Crippen LogP contribution is -1.99. The van der Waals surface area contributed by atoms with E-state index in [9.17, 15) is 9.13 Å². The minimum atomic E-state index is -4.25. The predicted molar refractivity (Wildman–Crippen MR) is 89.7 cm³/mol. The molecule has 0 heterocycles. The minimum absolute atomic E-state index is 0.182. The summed E-state index contributed by atoms with van der Waals surface area (Å²) >= 11 is 0. The monoisotopic (exact) mass is 354 g/mol. The highest BCUT2D eigenvalue weighted by molar-refractivity contribution is 7.64. The summed E-state index contributed by atoms with van der Waals surface area (Å²) in [7, 11) is -6.91. The third-order valence-corrected chi connectivity index (χ3v) is 5.88. The Balaban J connectivity index is 3.59. The smallest absolute Gasteiger partial charge is 0.334 e. The Kier molecular flexibility index (Phi) is 12.1. The Hall–Kier alpha value is -0.220. The molecule has 8 heteroatoms. The molecule has 0 saturated carbocycles. The van der Waals surface area contributed by atoms with E-state index >= 15 is 0 Å². The van der Waals surface area contributed by atoms with Crippen LogP contribution in [0.2, 0.25) is 0 Å². The maximum absolute atomic E-state index is 11.2. The fourth-order valence-electron chi connectivity index (χ4n) is 1.54. The Morgan fingerprint density at radius 2 is 1.86 bits per heavy atom. The molecule has 0 bridgehead atoms. The normalized spacial score (nSPS) is 14.0. The summed E-state index contributed by atoms with van der Waals surface area (Å²) in [6, 6.07) is 0. The van der Waals surface area contributed by atoms with E-state index in [4.69, 9.17) is 19.0 Å². The molecule has 1 atom stereocenters. The molecular weight excluding hydrogens is 326 g/mol. The van der Waals surface area contributed by atoms with Gasteiger partial charge in [-0.2, -0.15) is 0 Å². The van der Waals surface area contributed by atoms with Crippen molar-refractivity contribution in [3.63, 3.8) is 0 Å². The number of ether oxygens (including phenoxy) is 1. The zero-order valence-electron chi connectivity index (χ0n) is 13.6. The van der Waals surface area contributed by atoms with Crippen LogP contribution in [-0.4, -0.2) is 35.5 Å². The van der Waals surface area contributed by atoms with Gasteiger partial charge in [-0.25, -0.2) is 0 Å². The van der Waals surface area contributed by atoms with Crippen LogP contribution in [0.3, 0.4) is 0 Å². The van der Waals surface area contributed by atoms with Gasteiger partial charge in [-0.15, -0.1) is 0 Å². The highest BCUT2D eigenvalue weighted by Crippen LogP contribution is 2.45. The zero-order valence-corrected chi connectivity index (χ0v) is 15.5. The van der Waals surface area contributed by atoms with Gasteiger partial charge in [0.25, 0.3) is 0 Å². The van der Waals surface area contributed by atoms with Crippen LogP contribution in [-0.2, 0) is 18.4 Å². The van der Waals surface area contributed by atoms with Crippen molar-refractivity contribution in [2.45, 2.75) is 40.0 Å². The molecule has 0 aromatic rings. The van der Waals surface area contributed by atoms with Crippen LogP contribution in [0.4, 0.5) is 0 Å². The molecule has 0 rings (SSSR count). The standard InChI is InChI=1S/C14H28O6P2/c1-13(2)6-4-7-14(3)8-11-19-9-5-10-20-21(15)12-22(16,17)18/h6,8,21H,4-5,7,9-12H2,1-3H3,(H2,16,17,18). The SMILES string of the molecule is CC(C)=CCCC(C)=CCOCCCO[PH](=O)CP(=O)(O)O. The van der Waals surface area contributed by atoms with Crippen molar-refractivity contribution >= 4 is 15.6 Å². The van der Waals surface area contributed by atoms with Crippen molar-refractivity contribution in [3.05, 3.63) is 23.3 Å². The molecule has 0 saturated heterocycles.